The second-order valence-corrected chi connectivity index (χ2v) is 8.64. The van der Waals surface area contributed by atoms with E-state index in [4.69, 9.17) is 0 Å². The number of carbonyl (C=O) groups excluding carboxylic acids is 1. The molecule has 1 amide bonds. The maximum Gasteiger partial charge on any atom is 0.241 e. The highest BCUT2D eigenvalue weighted by molar-refractivity contribution is 7.89. The zero-order valence-electron chi connectivity index (χ0n) is 13.6. The number of piperazine rings is 1. The average molecular weight is 337 g/mol. The Balaban J connectivity index is 1.87. The zero-order chi connectivity index (χ0) is 16.7. The molecule has 1 spiro atoms. The number of sulfonamides is 1. The molecule has 2 aliphatic heterocycles. The molecule has 6 nitrogen and oxygen atoms in total. The minimum absolute atomic E-state index is 0.0566. The highest BCUT2D eigenvalue weighted by atomic mass is 32.2. The topological polar surface area (TPSA) is 60.9 Å². The Labute approximate surface area is 137 Å². The van der Waals surface area contributed by atoms with Gasteiger partial charge in [0.2, 0.25) is 15.9 Å². The van der Waals surface area contributed by atoms with Crippen LogP contribution >= 0.6 is 0 Å². The average Bonchev–Trinajstić information content (AvgIpc) is 2.98. The summed E-state index contributed by atoms with van der Waals surface area (Å²) in [4.78, 5) is 16.3. The van der Waals surface area contributed by atoms with E-state index in [2.05, 4.69) is 0 Å². The number of hydrogen-bond acceptors (Lipinski definition) is 4. The fourth-order valence-electron chi connectivity index (χ4n) is 3.48. The Morgan fingerprint density at radius 1 is 1.17 bits per heavy atom. The number of anilines is 1. The van der Waals surface area contributed by atoms with Crippen LogP contribution in [0, 0.1) is 0 Å². The molecule has 2 aliphatic rings. The molecule has 0 N–H and O–H groups in total. The largest absolute Gasteiger partial charge is 0.309 e. The van der Waals surface area contributed by atoms with Crippen LogP contribution in [0.2, 0.25) is 0 Å². The van der Waals surface area contributed by atoms with Gasteiger partial charge < -0.3 is 4.90 Å². The van der Waals surface area contributed by atoms with Gasteiger partial charge in [0.25, 0.3) is 0 Å². The van der Waals surface area contributed by atoms with Crippen LogP contribution in [0.4, 0.5) is 5.69 Å². The van der Waals surface area contributed by atoms with E-state index in [1.165, 1.54) is 0 Å². The van der Waals surface area contributed by atoms with Crippen molar-refractivity contribution in [3.05, 3.63) is 30.3 Å². The third-order valence-electron chi connectivity index (χ3n) is 5.06. The SMILES string of the molecule is CCS(=O)(=O)N1CC[C@]2(CN(c3ccccc3)C(=O)CN2C)C1. The summed E-state index contributed by atoms with van der Waals surface area (Å²) in [6.07, 6.45) is 0.749. The number of nitrogens with zero attached hydrogens (tertiary/aromatic N) is 3. The molecule has 2 fully saturated rings. The van der Waals surface area contributed by atoms with Gasteiger partial charge in [0.15, 0.2) is 0 Å². The van der Waals surface area contributed by atoms with E-state index in [1.54, 1.807) is 16.1 Å². The molecule has 7 heteroatoms. The normalized spacial score (nSPS) is 27.0. The number of hydrogen-bond donors (Lipinski definition) is 0. The fraction of sp³-hybridized carbons (Fsp3) is 0.562. The lowest BCUT2D eigenvalue weighted by Gasteiger charge is -2.46. The summed E-state index contributed by atoms with van der Waals surface area (Å²) >= 11 is 0. The second kappa shape index (κ2) is 5.89. The van der Waals surface area contributed by atoms with E-state index in [9.17, 15) is 13.2 Å². The van der Waals surface area contributed by atoms with Gasteiger partial charge in [-0.1, -0.05) is 18.2 Å². The van der Waals surface area contributed by atoms with Crippen molar-refractivity contribution in [3.63, 3.8) is 0 Å². The van der Waals surface area contributed by atoms with Crippen LogP contribution in [0.1, 0.15) is 13.3 Å². The molecule has 23 heavy (non-hydrogen) atoms. The predicted octanol–water partition coefficient (Wildman–Crippen LogP) is 0.759. The van der Waals surface area contributed by atoms with Gasteiger partial charge in [-0.05, 0) is 32.5 Å². The number of benzene rings is 1. The molecule has 0 aromatic heterocycles. The molecular formula is C16H23N3O3S. The molecular weight excluding hydrogens is 314 g/mol. The van der Waals surface area contributed by atoms with Crippen molar-refractivity contribution in [2.45, 2.75) is 18.9 Å². The van der Waals surface area contributed by atoms with E-state index in [1.807, 2.05) is 42.3 Å². The van der Waals surface area contributed by atoms with Crippen molar-refractivity contribution in [2.75, 3.05) is 43.9 Å². The van der Waals surface area contributed by atoms with Gasteiger partial charge >= 0.3 is 0 Å². The molecule has 0 bridgehead atoms. The quantitative estimate of drug-likeness (QED) is 0.817. The summed E-state index contributed by atoms with van der Waals surface area (Å²) in [6.45, 7) is 3.50. The van der Waals surface area contributed by atoms with Gasteiger partial charge in [-0.25, -0.2) is 8.42 Å². The first-order chi connectivity index (χ1) is 10.9. The van der Waals surface area contributed by atoms with E-state index >= 15 is 0 Å². The Morgan fingerprint density at radius 3 is 2.52 bits per heavy atom. The third-order valence-corrected chi connectivity index (χ3v) is 6.89. The van der Waals surface area contributed by atoms with Crippen LogP contribution in [0.15, 0.2) is 30.3 Å². The number of carbonyl (C=O) groups is 1. The summed E-state index contributed by atoms with van der Waals surface area (Å²) in [5.41, 5.74) is 0.577. The maximum absolute atomic E-state index is 12.4. The molecule has 0 radical (unpaired) electrons. The second-order valence-electron chi connectivity index (χ2n) is 6.38. The van der Waals surface area contributed by atoms with Gasteiger partial charge in [-0.3, -0.25) is 9.69 Å². The molecule has 1 atom stereocenters. The van der Waals surface area contributed by atoms with Crippen LogP contribution in [-0.2, 0) is 14.8 Å². The molecule has 0 unspecified atom stereocenters. The lowest BCUT2D eigenvalue weighted by molar-refractivity contribution is -0.123. The smallest absolute Gasteiger partial charge is 0.241 e. The molecule has 0 aliphatic carbocycles. The van der Waals surface area contributed by atoms with Gasteiger partial charge in [-0.2, -0.15) is 4.31 Å². The molecule has 126 valence electrons. The number of rotatable bonds is 3. The summed E-state index contributed by atoms with van der Waals surface area (Å²) in [5.74, 6) is 0.176. The Bertz CT molecular complexity index is 692. The minimum atomic E-state index is -3.19. The van der Waals surface area contributed by atoms with E-state index in [0.717, 1.165) is 12.1 Å². The van der Waals surface area contributed by atoms with E-state index in [0.29, 0.717) is 26.2 Å². The van der Waals surface area contributed by atoms with Crippen molar-refractivity contribution in [1.82, 2.24) is 9.21 Å². The molecule has 2 saturated heterocycles. The van der Waals surface area contributed by atoms with Crippen LogP contribution in [-0.4, -0.2) is 68.0 Å². The standard InChI is InChI=1S/C16H23N3O3S/c1-3-23(21,22)18-10-9-16(12-18)13-19(15(20)11-17(16)2)14-7-5-4-6-8-14/h4-8H,3,9-13H2,1-2H3/t16-/m1/s1. The molecule has 2 heterocycles. The summed E-state index contributed by atoms with van der Waals surface area (Å²) in [5, 5.41) is 0. The zero-order valence-corrected chi connectivity index (χ0v) is 14.4. The summed E-state index contributed by atoms with van der Waals surface area (Å²) < 4.78 is 25.9. The third kappa shape index (κ3) is 2.88. The number of likely N-dealkylation sites (N-methyl/N-ethyl adjacent to an activating group) is 1. The molecule has 3 rings (SSSR count). The van der Waals surface area contributed by atoms with Crippen molar-refractivity contribution in [2.24, 2.45) is 0 Å². The first-order valence-corrected chi connectivity index (χ1v) is 9.53. The molecule has 1 aromatic carbocycles. The lowest BCUT2D eigenvalue weighted by Crippen LogP contribution is -2.64. The predicted molar refractivity (Wildman–Crippen MR) is 89.8 cm³/mol. The number of para-hydroxylation sites is 1. The first kappa shape index (κ1) is 16.4. The summed E-state index contributed by atoms with van der Waals surface area (Å²) in [7, 11) is -1.27. The van der Waals surface area contributed by atoms with Gasteiger partial charge in [-0.15, -0.1) is 0 Å². The van der Waals surface area contributed by atoms with Crippen molar-refractivity contribution < 1.29 is 13.2 Å². The Morgan fingerprint density at radius 2 is 1.87 bits per heavy atom. The van der Waals surface area contributed by atoms with Gasteiger partial charge in [0, 0.05) is 25.3 Å². The highest BCUT2D eigenvalue weighted by Gasteiger charge is 2.49. The van der Waals surface area contributed by atoms with Crippen LogP contribution in [0.3, 0.4) is 0 Å². The highest BCUT2D eigenvalue weighted by Crippen LogP contribution is 2.34. The van der Waals surface area contributed by atoms with Crippen molar-refractivity contribution >= 4 is 21.6 Å². The van der Waals surface area contributed by atoms with E-state index in [-0.39, 0.29) is 17.2 Å². The monoisotopic (exact) mass is 337 g/mol. The van der Waals surface area contributed by atoms with Crippen LogP contribution in [0.25, 0.3) is 0 Å². The maximum atomic E-state index is 12.4. The first-order valence-electron chi connectivity index (χ1n) is 7.92. The molecule has 0 saturated carbocycles. The minimum Gasteiger partial charge on any atom is -0.309 e. The number of amides is 1. The van der Waals surface area contributed by atoms with Crippen molar-refractivity contribution in [3.8, 4) is 0 Å². The Kier molecular flexibility index (Phi) is 4.20. The van der Waals surface area contributed by atoms with Gasteiger partial charge in [0.05, 0.1) is 17.8 Å². The van der Waals surface area contributed by atoms with Crippen molar-refractivity contribution in [1.29, 1.82) is 0 Å². The van der Waals surface area contributed by atoms with Crippen LogP contribution in [0.5, 0.6) is 0 Å². The van der Waals surface area contributed by atoms with Crippen LogP contribution < -0.4 is 4.90 Å². The fourth-order valence-corrected chi connectivity index (χ4v) is 4.65. The summed E-state index contributed by atoms with van der Waals surface area (Å²) in [6, 6.07) is 9.59. The lowest BCUT2D eigenvalue weighted by atomic mass is 9.92. The Hall–Kier alpha value is -1.44. The van der Waals surface area contributed by atoms with Gasteiger partial charge in [0.1, 0.15) is 0 Å². The molecule has 1 aromatic rings. The van der Waals surface area contributed by atoms with E-state index < -0.39 is 10.0 Å².